The van der Waals surface area contributed by atoms with E-state index in [-0.39, 0.29) is 5.56 Å². The molecule has 2 aromatic heterocycles. The first kappa shape index (κ1) is 17.3. The molecule has 1 unspecified atom stereocenters. The van der Waals surface area contributed by atoms with Gasteiger partial charge in [0.25, 0.3) is 5.91 Å². The van der Waals surface area contributed by atoms with Crippen LogP contribution in [0.15, 0.2) is 42.6 Å². The zero-order valence-electron chi connectivity index (χ0n) is 13.4. The number of benzene rings is 1. The monoisotopic (exact) mass is 362 g/mol. The highest BCUT2D eigenvalue weighted by Gasteiger charge is 2.22. The highest BCUT2D eigenvalue weighted by atomic mass is 32.2. The van der Waals surface area contributed by atoms with Gasteiger partial charge in [-0.3, -0.25) is 9.20 Å². The van der Waals surface area contributed by atoms with Gasteiger partial charge in [0.2, 0.25) is 0 Å². The maximum absolute atomic E-state index is 13.9. The Bertz CT molecular complexity index is 899. The molecule has 3 aromatic rings. The molecule has 2 heterocycles. The molecular weight excluding hydrogens is 346 g/mol. The summed E-state index contributed by atoms with van der Waals surface area (Å²) in [6.45, 7) is 0. The Morgan fingerprint density at radius 3 is 2.92 bits per heavy atom. The second kappa shape index (κ2) is 7.60. The van der Waals surface area contributed by atoms with Gasteiger partial charge in [-0.2, -0.15) is 11.8 Å². The number of nitrogens with one attached hydrogen (secondary N) is 1. The van der Waals surface area contributed by atoms with Crippen LogP contribution in [0.5, 0.6) is 0 Å². The van der Waals surface area contributed by atoms with E-state index in [1.807, 2.05) is 18.4 Å². The van der Waals surface area contributed by atoms with E-state index in [1.54, 1.807) is 28.4 Å². The van der Waals surface area contributed by atoms with Gasteiger partial charge in [0, 0.05) is 6.20 Å². The molecule has 0 saturated carbocycles. The van der Waals surface area contributed by atoms with Crippen molar-refractivity contribution < 1.29 is 13.6 Å². The van der Waals surface area contributed by atoms with Crippen molar-refractivity contribution in [2.75, 3.05) is 12.0 Å². The summed E-state index contributed by atoms with van der Waals surface area (Å²) in [7, 11) is 0. The first-order chi connectivity index (χ1) is 12.1. The maximum Gasteiger partial charge on any atom is 0.254 e. The lowest BCUT2D eigenvalue weighted by Crippen LogP contribution is -2.31. The first-order valence-electron chi connectivity index (χ1n) is 7.64. The van der Waals surface area contributed by atoms with Crippen LogP contribution in [0.2, 0.25) is 0 Å². The number of aromatic nitrogens is 3. The highest BCUT2D eigenvalue weighted by molar-refractivity contribution is 7.98. The van der Waals surface area contributed by atoms with Gasteiger partial charge in [0.15, 0.2) is 11.5 Å². The SMILES string of the molecule is CSCCC(NC(=O)c1cc(F)ccc1F)c1nnc2ccccn12. The molecule has 25 heavy (non-hydrogen) atoms. The molecule has 0 aliphatic rings. The van der Waals surface area contributed by atoms with Gasteiger partial charge in [-0.1, -0.05) is 6.07 Å². The van der Waals surface area contributed by atoms with Crippen molar-refractivity contribution in [2.24, 2.45) is 0 Å². The van der Waals surface area contributed by atoms with Crippen LogP contribution in [0.1, 0.15) is 28.6 Å². The molecule has 8 heteroatoms. The molecule has 0 saturated heterocycles. The van der Waals surface area contributed by atoms with Crippen molar-refractivity contribution in [1.29, 1.82) is 0 Å². The van der Waals surface area contributed by atoms with Gasteiger partial charge in [-0.05, 0) is 48.8 Å². The number of pyridine rings is 1. The second-order valence-corrected chi connectivity index (χ2v) is 6.40. The van der Waals surface area contributed by atoms with Crippen molar-refractivity contribution in [3.63, 3.8) is 0 Å². The maximum atomic E-state index is 13.9. The molecule has 130 valence electrons. The lowest BCUT2D eigenvalue weighted by Gasteiger charge is -2.17. The fraction of sp³-hybridized carbons (Fsp3) is 0.235. The van der Waals surface area contributed by atoms with Gasteiger partial charge in [0.05, 0.1) is 11.6 Å². The number of amides is 1. The third-order valence-electron chi connectivity index (χ3n) is 3.74. The van der Waals surface area contributed by atoms with Gasteiger partial charge >= 0.3 is 0 Å². The van der Waals surface area contributed by atoms with Gasteiger partial charge in [0.1, 0.15) is 11.6 Å². The average Bonchev–Trinajstić information content (AvgIpc) is 3.04. The number of thioether (sulfide) groups is 1. The molecule has 1 aromatic carbocycles. The molecule has 0 radical (unpaired) electrons. The molecule has 0 aliphatic heterocycles. The standard InChI is InChI=1S/C17H16F2N4OS/c1-25-9-7-14(16-22-21-15-4-2-3-8-23(15)16)20-17(24)12-10-11(18)5-6-13(12)19/h2-6,8,10,14H,7,9H2,1H3,(H,20,24). The van der Waals surface area contributed by atoms with Crippen LogP contribution in [0.3, 0.4) is 0 Å². The van der Waals surface area contributed by atoms with E-state index >= 15 is 0 Å². The number of rotatable bonds is 6. The zero-order valence-corrected chi connectivity index (χ0v) is 14.3. The Hall–Kier alpha value is -2.48. The summed E-state index contributed by atoms with van der Waals surface area (Å²) in [5.41, 5.74) is 0.320. The largest absolute Gasteiger partial charge is 0.342 e. The van der Waals surface area contributed by atoms with E-state index in [0.717, 1.165) is 24.0 Å². The summed E-state index contributed by atoms with van der Waals surface area (Å²) in [6, 6.07) is 7.80. The minimum atomic E-state index is -0.770. The molecule has 1 atom stereocenters. The van der Waals surface area contributed by atoms with Crippen molar-refractivity contribution in [2.45, 2.75) is 12.5 Å². The van der Waals surface area contributed by atoms with E-state index in [4.69, 9.17) is 0 Å². The quantitative estimate of drug-likeness (QED) is 0.731. The lowest BCUT2D eigenvalue weighted by molar-refractivity contribution is 0.0929. The van der Waals surface area contributed by atoms with Crippen LogP contribution in [0, 0.1) is 11.6 Å². The summed E-state index contributed by atoms with van der Waals surface area (Å²) in [5.74, 6) is -0.808. The molecule has 1 N–H and O–H groups in total. The number of carbonyl (C=O) groups excluding carboxylic acids is 1. The average molecular weight is 362 g/mol. The first-order valence-corrected chi connectivity index (χ1v) is 9.04. The molecular formula is C17H16F2N4OS. The van der Waals surface area contributed by atoms with Gasteiger partial charge in [-0.25, -0.2) is 8.78 Å². The third-order valence-corrected chi connectivity index (χ3v) is 4.38. The summed E-state index contributed by atoms with van der Waals surface area (Å²) >= 11 is 1.62. The summed E-state index contributed by atoms with van der Waals surface area (Å²) in [4.78, 5) is 12.4. The number of fused-ring (bicyclic) bond motifs is 1. The number of halogens is 2. The van der Waals surface area contributed by atoms with Crippen LogP contribution < -0.4 is 5.32 Å². The number of nitrogens with zero attached hydrogens (tertiary/aromatic N) is 3. The third kappa shape index (κ3) is 3.79. The van der Waals surface area contributed by atoms with Crippen LogP contribution in [0.4, 0.5) is 8.78 Å². The van der Waals surface area contributed by atoms with Gasteiger partial charge < -0.3 is 5.32 Å². The number of hydrogen-bond donors (Lipinski definition) is 1. The second-order valence-electron chi connectivity index (χ2n) is 5.42. The fourth-order valence-corrected chi connectivity index (χ4v) is 2.98. The van der Waals surface area contributed by atoms with Crippen molar-refractivity contribution in [1.82, 2.24) is 19.9 Å². The van der Waals surface area contributed by atoms with Gasteiger partial charge in [-0.15, -0.1) is 10.2 Å². The van der Waals surface area contributed by atoms with Crippen LogP contribution in [-0.2, 0) is 0 Å². The summed E-state index contributed by atoms with van der Waals surface area (Å²) < 4.78 is 29.0. The van der Waals surface area contributed by atoms with E-state index in [2.05, 4.69) is 15.5 Å². The Labute approximate surface area is 147 Å². The number of carbonyl (C=O) groups is 1. The smallest absolute Gasteiger partial charge is 0.254 e. The fourth-order valence-electron chi connectivity index (χ4n) is 2.51. The van der Waals surface area contributed by atoms with Crippen molar-refractivity contribution in [3.05, 3.63) is 65.6 Å². The van der Waals surface area contributed by atoms with Crippen molar-refractivity contribution in [3.8, 4) is 0 Å². The molecule has 0 aliphatic carbocycles. The minimum Gasteiger partial charge on any atom is -0.342 e. The zero-order chi connectivity index (χ0) is 17.8. The predicted octanol–water partition coefficient (Wildman–Crippen LogP) is 3.23. The Morgan fingerprint density at radius 2 is 2.12 bits per heavy atom. The van der Waals surface area contributed by atoms with E-state index in [0.29, 0.717) is 17.9 Å². The van der Waals surface area contributed by atoms with Crippen LogP contribution in [0.25, 0.3) is 5.65 Å². The minimum absolute atomic E-state index is 0.331. The topological polar surface area (TPSA) is 59.3 Å². The number of hydrogen-bond acceptors (Lipinski definition) is 4. The Kier molecular flexibility index (Phi) is 5.28. The van der Waals surface area contributed by atoms with E-state index in [1.165, 1.54) is 0 Å². The van der Waals surface area contributed by atoms with Crippen LogP contribution in [-0.4, -0.2) is 32.5 Å². The Balaban J connectivity index is 1.91. The molecule has 1 amide bonds. The summed E-state index contributed by atoms with van der Waals surface area (Å²) in [6.07, 6.45) is 4.33. The molecule has 0 spiro atoms. The predicted molar refractivity (Wildman–Crippen MR) is 92.6 cm³/mol. The molecule has 5 nitrogen and oxygen atoms in total. The van der Waals surface area contributed by atoms with Crippen LogP contribution >= 0.6 is 11.8 Å². The van der Waals surface area contributed by atoms with E-state index < -0.39 is 23.6 Å². The Morgan fingerprint density at radius 1 is 1.28 bits per heavy atom. The molecule has 3 rings (SSSR count). The normalized spacial score (nSPS) is 12.3. The lowest BCUT2D eigenvalue weighted by atomic mass is 10.1. The highest BCUT2D eigenvalue weighted by Crippen LogP contribution is 2.20. The van der Waals surface area contributed by atoms with E-state index in [9.17, 15) is 13.6 Å². The molecule has 0 bridgehead atoms. The molecule has 0 fully saturated rings. The van der Waals surface area contributed by atoms with Crippen molar-refractivity contribution >= 4 is 23.3 Å². The summed E-state index contributed by atoms with van der Waals surface area (Å²) in [5, 5.41) is 11.0.